The number of carboxylic acids is 1. The van der Waals surface area contributed by atoms with Gasteiger partial charge in [-0.15, -0.1) is 0 Å². The first-order valence-corrected chi connectivity index (χ1v) is 9.36. The van der Waals surface area contributed by atoms with Crippen LogP contribution >= 0.6 is 11.6 Å². The largest absolute Gasteiger partial charge is 0.481 e. The number of piperidine rings is 2. The topological polar surface area (TPSA) is 60.9 Å². The molecule has 0 bridgehead atoms. The quantitative estimate of drug-likeness (QED) is 0.889. The van der Waals surface area contributed by atoms with Gasteiger partial charge in [-0.1, -0.05) is 11.6 Å². The predicted octanol–water partition coefficient (Wildman–Crippen LogP) is 3.66. The van der Waals surface area contributed by atoms with Crippen molar-refractivity contribution in [2.24, 2.45) is 5.41 Å². The van der Waals surface area contributed by atoms with Crippen LogP contribution in [-0.2, 0) is 4.79 Å². The molecule has 1 atom stereocenters. The molecule has 2 aliphatic heterocycles. The molecule has 0 radical (unpaired) electrons. The predicted molar refractivity (Wildman–Crippen MR) is 98.4 cm³/mol. The summed E-state index contributed by atoms with van der Waals surface area (Å²) < 4.78 is 0. The molecule has 5 nitrogen and oxygen atoms in total. The van der Waals surface area contributed by atoms with Crippen molar-refractivity contribution in [2.75, 3.05) is 31.1 Å². The number of amides is 1. The lowest BCUT2D eigenvalue weighted by atomic mass is 9.82. The van der Waals surface area contributed by atoms with Crippen molar-refractivity contribution in [3.8, 4) is 0 Å². The highest BCUT2D eigenvalue weighted by Crippen LogP contribution is 2.32. The first-order valence-electron chi connectivity index (χ1n) is 8.98. The number of anilines is 1. The molecule has 0 saturated carbocycles. The number of nitrogens with zero attached hydrogens (tertiary/aromatic N) is 2. The van der Waals surface area contributed by atoms with E-state index in [2.05, 4.69) is 4.90 Å². The van der Waals surface area contributed by atoms with Crippen LogP contribution in [-0.4, -0.2) is 48.1 Å². The number of halogens is 1. The molecule has 2 aliphatic rings. The van der Waals surface area contributed by atoms with Crippen molar-refractivity contribution in [2.45, 2.75) is 39.0 Å². The van der Waals surface area contributed by atoms with Crippen LogP contribution < -0.4 is 4.90 Å². The minimum atomic E-state index is -0.884. The first-order chi connectivity index (χ1) is 11.9. The molecule has 1 aromatic rings. The number of likely N-dealkylation sites (tertiary alicyclic amines) is 1. The maximum atomic E-state index is 13.0. The molecule has 2 fully saturated rings. The lowest BCUT2D eigenvalue weighted by Gasteiger charge is -2.37. The smallest absolute Gasteiger partial charge is 0.311 e. The van der Waals surface area contributed by atoms with E-state index < -0.39 is 11.4 Å². The van der Waals surface area contributed by atoms with Crippen LogP contribution in [0.2, 0.25) is 5.02 Å². The van der Waals surface area contributed by atoms with Crippen molar-refractivity contribution in [1.82, 2.24) is 4.90 Å². The van der Waals surface area contributed by atoms with Gasteiger partial charge in [-0.05, 0) is 57.2 Å². The van der Waals surface area contributed by atoms with Gasteiger partial charge in [0.15, 0.2) is 0 Å². The summed E-state index contributed by atoms with van der Waals surface area (Å²) >= 11 is 6.30. The summed E-state index contributed by atoms with van der Waals surface area (Å²) in [5.41, 5.74) is 0.607. The third kappa shape index (κ3) is 3.76. The van der Waals surface area contributed by atoms with Crippen molar-refractivity contribution in [1.29, 1.82) is 0 Å². The maximum absolute atomic E-state index is 13.0. The van der Waals surface area contributed by atoms with Gasteiger partial charge in [-0.25, -0.2) is 0 Å². The zero-order valence-corrected chi connectivity index (χ0v) is 15.4. The summed E-state index contributed by atoms with van der Waals surface area (Å²) in [5, 5.41) is 9.89. The minimum Gasteiger partial charge on any atom is -0.481 e. The second kappa shape index (κ2) is 7.24. The summed E-state index contributed by atoms with van der Waals surface area (Å²) in [6.45, 7) is 4.50. The summed E-state index contributed by atoms with van der Waals surface area (Å²) in [6, 6.07) is 5.60. The second-order valence-electron chi connectivity index (χ2n) is 7.41. The Labute approximate surface area is 153 Å². The first kappa shape index (κ1) is 18.1. The molecule has 136 valence electrons. The number of hydrogen-bond donors (Lipinski definition) is 1. The Morgan fingerprint density at radius 2 is 1.84 bits per heavy atom. The number of hydrogen-bond acceptors (Lipinski definition) is 3. The molecule has 3 rings (SSSR count). The molecule has 6 heteroatoms. The fraction of sp³-hybridized carbons (Fsp3) is 0.579. The number of aliphatic carboxylic acids is 1. The Hall–Kier alpha value is -1.75. The monoisotopic (exact) mass is 364 g/mol. The zero-order chi connectivity index (χ0) is 18.0. The number of benzene rings is 1. The molecule has 0 aromatic heterocycles. The van der Waals surface area contributed by atoms with E-state index in [1.54, 1.807) is 17.9 Å². The highest BCUT2D eigenvalue weighted by molar-refractivity contribution is 6.34. The van der Waals surface area contributed by atoms with Gasteiger partial charge in [0.25, 0.3) is 5.91 Å². The minimum absolute atomic E-state index is 0.170. The lowest BCUT2D eigenvalue weighted by Crippen LogP contribution is -2.48. The average Bonchev–Trinajstić information content (AvgIpc) is 2.62. The van der Waals surface area contributed by atoms with Crippen molar-refractivity contribution in [3.63, 3.8) is 0 Å². The molecule has 0 aliphatic carbocycles. The van der Waals surface area contributed by atoms with E-state index in [4.69, 9.17) is 11.6 Å². The number of carbonyl (C=O) groups is 2. The Morgan fingerprint density at radius 3 is 2.52 bits per heavy atom. The van der Waals surface area contributed by atoms with E-state index in [0.717, 1.165) is 31.6 Å². The fourth-order valence-corrected chi connectivity index (χ4v) is 3.98. The summed E-state index contributed by atoms with van der Waals surface area (Å²) in [5.74, 6) is -1.02. The van der Waals surface area contributed by atoms with Gasteiger partial charge in [0.05, 0.1) is 16.0 Å². The van der Waals surface area contributed by atoms with Gasteiger partial charge in [-0.3, -0.25) is 9.59 Å². The molecular weight excluding hydrogens is 340 g/mol. The van der Waals surface area contributed by atoms with E-state index in [9.17, 15) is 14.7 Å². The molecule has 1 amide bonds. The van der Waals surface area contributed by atoms with Crippen LogP contribution in [0.3, 0.4) is 0 Å². The van der Waals surface area contributed by atoms with Crippen LogP contribution in [0.1, 0.15) is 49.4 Å². The van der Waals surface area contributed by atoms with E-state index >= 15 is 0 Å². The van der Waals surface area contributed by atoms with Crippen LogP contribution in [0.25, 0.3) is 0 Å². The van der Waals surface area contributed by atoms with Crippen molar-refractivity contribution in [3.05, 3.63) is 28.8 Å². The number of carboxylic acid groups (broad SMARTS) is 1. The SMILES string of the molecule is C[C@@]1(C(=O)O)CCCN(C(=O)c2cc(N3CCCCC3)ccc2Cl)C1. The molecule has 1 N–H and O–H groups in total. The van der Waals surface area contributed by atoms with Gasteiger partial charge in [0.2, 0.25) is 0 Å². The third-order valence-electron chi connectivity index (χ3n) is 5.40. The van der Waals surface area contributed by atoms with E-state index in [0.29, 0.717) is 30.0 Å². The molecule has 2 heterocycles. The molecule has 0 unspecified atom stereocenters. The standard InChI is InChI=1S/C19H25ClN2O3/c1-19(18(24)25)8-5-11-22(13-19)17(23)15-12-14(6-7-16(15)20)21-9-3-2-4-10-21/h6-7,12H,2-5,8-11,13H2,1H3,(H,24,25)/t19-/m1/s1. The van der Waals surface area contributed by atoms with E-state index in [-0.39, 0.29) is 12.5 Å². The zero-order valence-electron chi connectivity index (χ0n) is 14.6. The van der Waals surface area contributed by atoms with Crippen LogP contribution in [0.4, 0.5) is 5.69 Å². The van der Waals surface area contributed by atoms with Crippen LogP contribution in [0.5, 0.6) is 0 Å². The van der Waals surface area contributed by atoms with E-state index in [1.807, 2.05) is 12.1 Å². The fourth-order valence-electron chi connectivity index (χ4n) is 3.78. The number of carbonyl (C=O) groups excluding carboxylic acids is 1. The van der Waals surface area contributed by atoms with Gasteiger partial charge in [0.1, 0.15) is 0 Å². The van der Waals surface area contributed by atoms with Gasteiger partial charge in [-0.2, -0.15) is 0 Å². The molecule has 25 heavy (non-hydrogen) atoms. The molecule has 1 aromatic carbocycles. The molecular formula is C19H25ClN2O3. The highest BCUT2D eigenvalue weighted by Gasteiger charge is 2.39. The number of rotatable bonds is 3. The van der Waals surface area contributed by atoms with Gasteiger partial charge < -0.3 is 14.9 Å². The average molecular weight is 365 g/mol. The van der Waals surface area contributed by atoms with Gasteiger partial charge >= 0.3 is 5.97 Å². The summed E-state index contributed by atoms with van der Waals surface area (Å²) in [4.78, 5) is 28.5. The van der Waals surface area contributed by atoms with E-state index in [1.165, 1.54) is 6.42 Å². The Kier molecular flexibility index (Phi) is 5.23. The summed E-state index contributed by atoms with van der Waals surface area (Å²) in [7, 11) is 0. The Balaban J connectivity index is 1.82. The Morgan fingerprint density at radius 1 is 1.12 bits per heavy atom. The van der Waals surface area contributed by atoms with Crippen molar-refractivity contribution >= 4 is 29.2 Å². The van der Waals surface area contributed by atoms with Gasteiger partial charge in [0, 0.05) is 31.9 Å². The lowest BCUT2D eigenvalue weighted by molar-refractivity contribution is -0.150. The van der Waals surface area contributed by atoms with Crippen LogP contribution in [0.15, 0.2) is 18.2 Å². The van der Waals surface area contributed by atoms with Crippen LogP contribution in [0, 0.1) is 5.41 Å². The summed E-state index contributed by atoms with van der Waals surface area (Å²) in [6.07, 6.45) is 4.85. The second-order valence-corrected chi connectivity index (χ2v) is 7.82. The molecule has 0 spiro atoms. The highest BCUT2D eigenvalue weighted by atomic mass is 35.5. The van der Waals surface area contributed by atoms with Crippen molar-refractivity contribution < 1.29 is 14.7 Å². The third-order valence-corrected chi connectivity index (χ3v) is 5.73. The maximum Gasteiger partial charge on any atom is 0.311 e. The molecule has 2 saturated heterocycles. The Bertz CT molecular complexity index is 673. The normalized spacial score (nSPS) is 24.2.